The molecule has 8 nitrogen and oxygen atoms in total. The lowest BCUT2D eigenvalue weighted by atomic mass is 9.82. The second-order valence-electron chi connectivity index (χ2n) is 6.80. The average molecular weight is 381 g/mol. The van der Waals surface area contributed by atoms with Gasteiger partial charge in [0.15, 0.2) is 0 Å². The van der Waals surface area contributed by atoms with E-state index in [9.17, 15) is 18.3 Å². The van der Waals surface area contributed by atoms with Crippen LogP contribution in [0, 0.1) is 11.8 Å². The lowest BCUT2D eigenvalue weighted by molar-refractivity contribution is -0.138. The third kappa shape index (κ3) is 4.16. The van der Waals surface area contributed by atoms with Crippen LogP contribution in [0.5, 0.6) is 5.75 Å². The number of aliphatic carboxylic acids is 1. The Labute approximate surface area is 152 Å². The molecule has 1 aromatic carbocycles. The highest BCUT2D eigenvalue weighted by Crippen LogP contribution is 2.31. The number of carboxylic acid groups (broad SMARTS) is 1. The number of imidazole rings is 1. The number of H-pyrrole nitrogens is 1. The molecule has 0 aliphatic carbocycles. The van der Waals surface area contributed by atoms with Gasteiger partial charge in [-0.1, -0.05) is 0 Å². The van der Waals surface area contributed by atoms with Crippen LogP contribution in [0.4, 0.5) is 0 Å². The lowest BCUT2D eigenvalue weighted by Gasteiger charge is -2.36. The summed E-state index contributed by atoms with van der Waals surface area (Å²) in [6.45, 7) is 0.682. The van der Waals surface area contributed by atoms with E-state index in [0.29, 0.717) is 25.9 Å². The minimum absolute atomic E-state index is 0.0380. The van der Waals surface area contributed by atoms with E-state index in [2.05, 4.69) is 9.97 Å². The van der Waals surface area contributed by atoms with Gasteiger partial charge in [0, 0.05) is 32.0 Å². The summed E-state index contributed by atoms with van der Waals surface area (Å²) in [4.78, 5) is 19.0. The Morgan fingerprint density at radius 2 is 2.19 bits per heavy atom. The molecule has 1 aliphatic heterocycles. The van der Waals surface area contributed by atoms with E-state index < -0.39 is 16.0 Å². The zero-order chi connectivity index (χ0) is 18.9. The van der Waals surface area contributed by atoms with Gasteiger partial charge in [-0.2, -0.15) is 0 Å². The van der Waals surface area contributed by atoms with Crippen molar-refractivity contribution in [2.75, 3.05) is 26.5 Å². The molecule has 0 spiro atoms. The summed E-state index contributed by atoms with van der Waals surface area (Å²) < 4.78 is 30.4. The molecule has 0 radical (unpaired) electrons. The van der Waals surface area contributed by atoms with Gasteiger partial charge < -0.3 is 14.8 Å². The number of carbonyl (C=O) groups is 1. The van der Waals surface area contributed by atoms with Crippen molar-refractivity contribution in [1.29, 1.82) is 0 Å². The van der Waals surface area contributed by atoms with Crippen LogP contribution in [-0.2, 0) is 21.2 Å². The standard InChI is InChI=1S/C17H23N3O5S/c1-25-13-3-4-14-15(9-13)19-16(18-14)7-12-10-20(26(2,23)24)6-5-11(12)8-17(21)22/h3-4,9,11-12H,5-8,10H2,1-2H3,(H,18,19)(H,21,22). The molecule has 2 aromatic rings. The second-order valence-corrected chi connectivity index (χ2v) is 8.78. The number of benzene rings is 1. The number of ether oxygens (including phenoxy) is 1. The Bertz CT molecular complexity index is 908. The van der Waals surface area contributed by atoms with Crippen LogP contribution in [0.2, 0.25) is 0 Å². The zero-order valence-corrected chi connectivity index (χ0v) is 15.6. The number of sulfonamides is 1. The number of carboxylic acids is 1. The SMILES string of the molecule is COc1ccc2nc(CC3CN(S(C)(=O)=O)CCC3CC(=O)O)[nH]c2c1. The van der Waals surface area contributed by atoms with Gasteiger partial charge in [0.1, 0.15) is 11.6 Å². The van der Waals surface area contributed by atoms with Gasteiger partial charge in [-0.3, -0.25) is 4.79 Å². The van der Waals surface area contributed by atoms with E-state index in [4.69, 9.17) is 4.74 Å². The quantitative estimate of drug-likeness (QED) is 0.784. The zero-order valence-electron chi connectivity index (χ0n) is 14.8. The number of hydrogen-bond donors (Lipinski definition) is 2. The fourth-order valence-corrected chi connectivity index (χ4v) is 4.49. The van der Waals surface area contributed by atoms with Gasteiger partial charge in [0.25, 0.3) is 0 Å². The van der Waals surface area contributed by atoms with Crippen LogP contribution in [-0.4, -0.2) is 60.2 Å². The van der Waals surface area contributed by atoms with Crippen molar-refractivity contribution in [2.24, 2.45) is 11.8 Å². The molecule has 3 rings (SSSR count). The van der Waals surface area contributed by atoms with E-state index in [0.717, 1.165) is 22.6 Å². The highest BCUT2D eigenvalue weighted by atomic mass is 32.2. The molecule has 142 valence electrons. The molecular weight excluding hydrogens is 358 g/mol. The number of nitrogens with zero attached hydrogens (tertiary/aromatic N) is 2. The molecule has 0 saturated carbocycles. The first kappa shape index (κ1) is 18.7. The molecule has 2 N–H and O–H groups in total. The summed E-state index contributed by atoms with van der Waals surface area (Å²) in [5, 5.41) is 9.18. The van der Waals surface area contributed by atoms with Crippen LogP contribution in [0.1, 0.15) is 18.7 Å². The molecule has 1 fully saturated rings. The van der Waals surface area contributed by atoms with Crippen molar-refractivity contribution < 1.29 is 23.1 Å². The topological polar surface area (TPSA) is 113 Å². The molecule has 1 aliphatic rings. The Hall–Kier alpha value is -2.13. The first-order valence-electron chi connectivity index (χ1n) is 8.46. The van der Waals surface area contributed by atoms with Crippen molar-refractivity contribution in [3.8, 4) is 5.75 Å². The second kappa shape index (κ2) is 7.24. The van der Waals surface area contributed by atoms with Gasteiger partial charge in [0.2, 0.25) is 10.0 Å². The van der Waals surface area contributed by atoms with Crippen molar-refractivity contribution in [3.05, 3.63) is 24.0 Å². The number of methoxy groups -OCH3 is 1. The molecule has 1 aromatic heterocycles. The summed E-state index contributed by atoms with van der Waals surface area (Å²) in [7, 11) is -1.70. The minimum Gasteiger partial charge on any atom is -0.497 e. The Balaban J connectivity index is 1.83. The normalized spacial score (nSPS) is 21.8. The molecule has 1 saturated heterocycles. The summed E-state index contributed by atoms with van der Waals surface area (Å²) in [6.07, 6.45) is 2.27. The lowest BCUT2D eigenvalue weighted by Crippen LogP contribution is -2.44. The van der Waals surface area contributed by atoms with Crippen molar-refractivity contribution in [2.45, 2.75) is 19.3 Å². The van der Waals surface area contributed by atoms with Crippen molar-refractivity contribution in [3.63, 3.8) is 0 Å². The highest BCUT2D eigenvalue weighted by molar-refractivity contribution is 7.88. The number of nitrogens with one attached hydrogen (secondary N) is 1. The number of aromatic nitrogens is 2. The number of fused-ring (bicyclic) bond motifs is 1. The summed E-state index contributed by atoms with van der Waals surface area (Å²) in [6, 6.07) is 5.53. The van der Waals surface area contributed by atoms with Gasteiger partial charge in [0.05, 0.1) is 24.4 Å². The number of hydrogen-bond acceptors (Lipinski definition) is 5. The summed E-state index contributed by atoms with van der Waals surface area (Å²) in [5.74, 6) is 0.411. The summed E-state index contributed by atoms with van der Waals surface area (Å²) >= 11 is 0. The van der Waals surface area contributed by atoms with Gasteiger partial charge in [-0.15, -0.1) is 0 Å². The first-order valence-corrected chi connectivity index (χ1v) is 10.3. The largest absolute Gasteiger partial charge is 0.497 e. The number of rotatable bonds is 6. The summed E-state index contributed by atoms with van der Waals surface area (Å²) in [5.41, 5.74) is 1.64. The molecule has 9 heteroatoms. The van der Waals surface area contributed by atoms with E-state index in [-0.39, 0.29) is 18.3 Å². The van der Waals surface area contributed by atoms with Crippen LogP contribution in [0.3, 0.4) is 0 Å². The van der Waals surface area contributed by atoms with Crippen molar-refractivity contribution in [1.82, 2.24) is 14.3 Å². The molecule has 2 unspecified atom stereocenters. The third-order valence-corrected chi connectivity index (χ3v) is 6.22. The van der Waals surface area contributed by atoms with Gasteiger partial charge >= 0.3 is 5.97 Å². The van der Waals surface area contributed by atoms with Gasteiger partial charge in [-0.25, -0.2) is 17.7 Å². The maximum atomic E-state index is 11.9. The molecule has 26 heavy (non-hydrogen) atoms. The minimum atomic E-state index is -3.30. The van der Waals surface area contributed by atoms with Crippen LogP contribution >= 0.6 is 0 Å². The van der Waals surface area contributed by atoms with Crippen LogP contribution in [0.25, 0.3) is 11.0 Å². The maximum absolute atomic E-state index is 11.9. The Morgan fingerprint density at radius 1 is 1.42 bits per heavy atom. The fourth-order valence-electron chi connectivity index (χ4n) is 3.59. The monoisotopic (exact) mass is 381 g/mol. The average Bonchev–Trinajstić information content (AvgIpc) is 2.96. The van der Waals surface area contributed by atoms with Crippen LogP contribution in [0.15, 0.2) is 18.2 Å². The third-order valence-electron chi connectivity index (χ3n) is 4.95. The predicted octanol–water partition coefficient (Wildman–Crippen LogP) is 1.49. The first-order chi connectivity index (χ1) is 12.3. The van der Waals surface area contributed by atoms with E-state index in [1.165, 1.54) is 10.6 Å². The molecule has 0 amide bonds. The van der Waals surface area contributed by atoms with E-state index >= 15 is 0 Å². The molecule has 0 bridgehead atoms. The van der Waals surface area contributed by atoms with E-state index in [1.54, 1.807) is 7.11 Å². The Morgan fingerprint density at radius 3 is 2.85 bits per heavy atom. The maximum Gasteiger partial charge on any atom is 0.303 e. The molecule has 2 heterocycles. The Kier molecular flexibility index (Phi) is 5.19. The smallest absolute Gasteiger partial charge is 0.303 e. The van der Waals surface area contributed by atoms with Crippen LogP contribution < -0.4 is 4.74 Å². The fraction of sp³-hybridized carbons (Fsp3) is 0.529. The predicted molar refractivity (Wildman–Crippen MR) is 96.6 cm³/mol. The molecular formula is C17H23N3O5S. The highest BCUT2D eigenvalue weighted by Gasteiger charge is 2.34. The number of piperidine rings is 1. The number of aromatic amines is 1. The van der Waals surface area contributed by atoms with Crippen molar-refractivity contribution >= 4 is 27.0 Å². The van der Waals surface area contributed by atoms with Gasteiger partial charge in [-0.05, 0) is 30.4 Å². The van der Waals surface area contributed by atoms with E-state index in [1.807, 2.05) is 18.2 Å². The molecule has 2 atom stereocenters.